The molecule has 1 heteroatoms. The van der Waals surface area contributed by atoms with Gasteiger partial charge in [-0.25, -0.2) is 0 Å². The minimum absolute atomic E-state index is 0.683. The molecule has 0 saturated carbocycles. The average Bonchev–Trinajstić information content (AvgIpc) is 2.48. The van der Waals surface area contributed by atoms with E-state index in [1.807, 2.05) is 0 Å². The second kappa shape index (κ2) is 7.25. The molecule has 1 unspecified atom stereocenters. The molecule has 1 nitrogen and oxygen atoms in total. The van der Waals surface area contributed by atoms with Gasteiger partial charge in [0, 0.05) is 0 Å². The van der Waals surface area contributed by atoms with Crippen LogP contribution in [0.1, 0.15) is 25.8 Å². The molecule has 0 fully saturated rings. The summed E-state index contributed by atoms with van der Waals surface area (Å²) in [6.45, 7) is 5.36. The zero-order valence-electron chi connectivity index (χ0n) is 12.5. The highest BCUT2D eigenvalue weighted by Gasteiger charge is 2.13. The molecule has 0 aliphatic carbocycles. The lowest BCUT2D eigenvalue weighted by atomic mass is 9.86. The van der Waals surface area contributed by atoms with Gasteiger partial charge in [-0.2, -0.15) is 0 Å². The van der Waals surface area contributed by atoms with Crippen LogP contribution in [0.15, 0.2) is 54.6 Å². The fourth-order valence-electron chi connectivity index (χ4n) is 2.65. The Labute approximate surface area is 122 Å². The summed E-state index contributed by atoms with van der Waals surface area (Å²) in [5.74, 6) is 1.37. The van der Waals surface area contributed by atoms with Crippen molar-refractivity contribution in [1.29, 1.82) is 0 Å². The second-order valence-electron chi connectivity index (χ2n) is 5.85. The lowest BCUT2D eigenvalue weighted by Crippen LogP contribution is -2.16. The Kier molecular flexibility index (Phi) is 5.37. The maximum atomic E-state index is 5.72. The summed E-state index contributed by atoms with van der Waals surface area (Å²) in [4.78, 5) is 0. The molecule has 0 saturated heterocycles. The van der Waals surface area contributed by atoms with Gasteiger partial charge < -0.3 is 5.73 Å². The lowest BCUT2D eigenvalue weighted by molar-refractivity contribution is 0.362. The molecule has 20 heavy (non-hydrogen) atoms. The van der Waals surface area contributed by atoms with Gasteiger partial charge in [-0.1, -0.05) is 68.4 Å². The number of nitrogens with two attached hydrogens (primary N) is 1. The molecule has 1 atom stereocenters. The third-order valence-electron chi connectivity index (χ3n) is 4.04. The van der Waals surface area contributed by atoms with Crippen molar-refractivity contribution in [3.8, 4) is 11.1 Å². The lowest BCUT2D eigenvalue weighted by Gasteiger charge is -2.20. The monoisotopic (exact) mass is 267 g/mol. The standard InChI is InChI=1S/C19H25N/c1-15(2)19(12-13-20)14-16-8-10-18(11-9-16)17-6-4-3-5-7-17/h3-11,15,19H,12-14,20H2,1-2H3. The SMILES string of the molecule is CC(C)C(CCN)Cc1ccc(-c2ccccc2)cc1. The molecule has 0 aliphatic rings. The highest BCUT2D eigenvalue weighted by atomic mass is 14.5. The van der Waals surface area contributed by atoms with Crippen LogP contribution in [0.4, 0.5) is 0 Å². The largest absolute Gasteiger partial charge is 0.330 e. The topological polar surface area (TPSA) is 26.0 Å². The fourth-order valence-corrected chi connectivity index (χ4v) is 2.65. The molecule has 0 bridgehead atoms. The van der Waals surface area contributed by atoms with Crippen LogP contribution in [-0.2, 0) is 6.42 Å². The molecular formula is C19H25N. The normalized spacial score (nSPS) is 12.6. The Morgan fingerprint density at radius 2 is 1.45 bits per heavy atom. The Hall–Kier alpha value is -1.60. The highest BCUT2D eigenvalue weighted by Crippen LogP contribution is 2.23. The third-order valence-corrected chi connectivity index (χ3v) is 4.04. The molecule has 2 rings (SSSR count). The summed E-state index contributed by atoms with van der Waals surface area (Å²) in [6.07, 6.45) is 2.24. The zero-order valence-corrected chi connectivity index (χ0v) is 12.5. The summed E-state index contributed by atoms with van der Waals surface area (Å²) in [6, 6.07) is 19.5. The van der Waals surface area contributed by atoms with Crippen molar-refractivity contribution >= 4 is 0 Å². The van der Waals surface area contributed by atoms with Gasteiger partial charge in [0.25, 0.3) is 0 Å². The number of rotatable bonds is 6. The first-order valence-corrected chi connectivity index (χ1v) is 7.55. The van der Waals surface area contributed by atoms with E-state index in [1.165, 1.54) is 16.7 Å². The van der Waals surface area contributed by atoms with Crippen LogP contribution in [0.3, 0.4) is 0 Å². The van der Waals surface area contributed by atoms with Crippen molar-refractivity contribution in [2.24, 2.45) is 17.6 Å². The molecule has 106 valence electrons. The minimum atomic E-state index is 0.683. The summed E-state index contributed by atoms with van der Waals surface area (Å²) in [5.41, 5.74) is 9.70. The van der Waals surface area contributed by atoms with Gasteiger partial charge in [-0.3, -0.25) is 0 Å². The Bertz CT molecular complexity index is 499. The van der Waals surface area contributed by atoms with E-state index in [0.717, 1.165) is 19.4 Å². The quantitative estimate of drug-likeness (QED) is 0.818. The molecular weight excluding hydrogens is 242 g/mol. The van der Waals surface area contributed by atoms with E-state index >= 15 is 0 Å². The van der Waals surface area contributed by atoms with E-state index in [-0.39, 0.29) is 0 Å². The van der Waals surface area contributed by atoms with Gasteiger partial charge in [-0.15, -0.1) is 0 Å². The number of benzene rings is 2. The second-order valence-corrected chi connectivity index (χ2v) is 5.85. The van der Waals surface area contributed by atoms with Crippen LogP contribution in [0.5, 0.6) is 0 Å². The fraction of sp³-hybridized carbons (Fsp3) is 0.368. The van der Waals surface area contributed by atoms with E-state index in [4.69, 9.17) is 5.73 Å². The van der Waals surface area contributed by atoms with Crippen LogP contribution in [0, 0.1) is 11.8 Å². The molecule has 0 amide bonds. The van der Waals surface area contributed by atoms with Crippen molar-refractivity contribution in [2.45, 2.75) is 26.7 Å². The molecule has 0 heterocycles. The van der Waals surface area contributed by atoms with Gasteiger partial charge in [0.2, 0.25) is 0 Å². The molecule has 0 aliphatic heterocycles. The molecule has 0 aromatic heterocycles. The van der Waals surface area contributed by atoms with Gasteiger partial charge in [-0.05, 0) is 47.9 Å². The van der Waals surface area contributed by atoms with Crippen LogP contribution in [0.25, 0.3) is 11.1 Å². The summed E-state index contributed by atoms with van der Waals surface area (Å²) >= 11 is 0. The molecule has 2 aromatic carbocycles. The zero-order chi connectivity index (χ0) is 14.4. The van der Waals surface area contributed by atoms with Gasteiger partial charge >= 0.3 is 0 Å². The number of hydrogen-bond donors (Lipinski definition) is 1. The van der Waals surface area contributed by atoms with Crippen molar-refractivity contribution in [3.05, 3.63) is 60.2 Å². The highest BCUT2D eigenvalue weighted by molar-refractivity contribution is 5.63. The predicted octanol–water partition coefficient (Wildman–Crippen LogP) is 4.52. The van der Waals surface area contributed by atoms with E-state index in [0.29, 0.717) is 11.8 Å². The van der Waals surface area contributed by atoms with E-state index in [9.17, 15) is 0 Å². The third kappa shape index (κ3) is 3.94. The van der Waals surface area contributed by atoms with E-state index in [2.05, 4.69) is 68.4 Å². The maximum Gasteiger partial charge on any atom is -0.00744 e. The van der Waals surface area contributed by atoms with Gasteiger partial charge in [0.05, 0.1) is 0 Å². The summed E-state index contributed by atoms with van der Waals surface area (Å²) in [5, 5.41) is 0. The first-order chi connectivity index (χ1) is 9.70. The molecule has 2 aromatic rings. The predicted molar refractivity (Wildman–Crippen MR) is 87.6 cm³/mol. The molecule has 2 N–H and O–H groups in total. The molecule has 0 radical (unpaired) electrons. The average molecular weight is 267 g/mol. The Morgan fingerprint density at radius 3 is 2.00 bits per heavy atom. The van der Waals surface area contributed by atoms with E-state index < -0.39 is 0 Å². The first-order valence-electron chi connectivity index (χ1n) is 7.55. The van der Waals surface area contributed by atoms with E-state index in [1.54, 1.807) is 0 Å². The minimum Gasteiger partial charge on any atom is -0.330 e. The maximum absolute atomic E-state index is 5.72. The van der Waals surface area contributed by atoms with Crippen molar-refractivity contribution < 1.29 is 0 Å². The van der Waals surface area contributed by atoms with Crippen LogP contribution in [0.2, 0.25) is 0 Å². The van der Waals surface area contributed by atoms with Crippen LogP contribution < -0.4 is 5.73 Å². The van der Waals surface area contributed by atoms with Crippen molar-refractivity contribution in [3.63, 3.8) is 0 Å². The van der Waals surface area contributed by atoms with Crippen LogP contribution in [-0.4, -0.2) is 6.54 Å². The molecule has 0 spiro atoms. The first kappa shape index (κ1) is 14.8. The van der Waals surface area contributed by atoms with Gasteiger partial charge in [0.1, 0.15) is 0 Å². The number of hydrogen-bond acceptors (Lipinski definition) is 1. The summed E-state index contributed by atoms with van der Waals surface area (Å²) < 4.78 is 0. The van der Waals surface area contributed by atoms with Gasteiger partial charge in [0.15, 0.2) is 0 Å². The smallest absolute Gasteiger partial charge is 0.00744 e. The Morgan fingerprint density at radius 1 is 0.850 bits per heavy atom. The van der Waals surface area contributed by atoms with Crippen LogP contribution >= 0.6 is 0 Å². The Balaban J connectivity index is 2.08. The summed E-state index contributed by atoms with van der Waals surface area (Å²) in [7, 11) is 0. The van der Waals surface area contributed by atoms with Crippen molar-refractivity contribution in [2.75, 3.05) is 6.54 Å². The van der Waals surface area contributed by atoms with Crippen molar-refractivity contribution in [1.82, 2.24) is 0 Å².